The van der Waals surface area contributed by atoms with Crippen molar-refractivity contribution in [1.29, 1.82) is 0 Å². The fourth-order valence-electron chi connectivity index (χ4n) is 8.52. The summed E-state index contributed by atoms with van der Waals surface area (Å²) in [6.07, 6.45) is 40.1. The zero-order chi connectivity index (χ0) is 45.7. The van der Waals surface area contributed by atoms with Crippen molar-refractivity contribution < 1.29 is 24.2 Å². The second-order valence-corrected chi connectivity index (χ2v) is 24.5. The molecule has 6 nitrogen and oxygen atoms in total. The molecule has 374 valence electrons. The van der Waals surface area contributed by atoms with Crippen LogP contribution < -0.4 is 0 Å². The second kappa shape index (κ2) is 46.0. The van der Waals surface area contributed by atoms with Gasteiger partial charge in [0.15, 0.2) is 0 Å². The number of hydrogen-bond donors (Lipinski definition) is 1. The van der Waals surface area contributed by atoms with Crippen molar-refractivity contribution in [2.45, 2.75) is 255 Å². The molecule has 1 fully saturated rings. The fourth-order valence-corrected chi connectivity index (χ4v) is 14.1. The van der Waals surface area contributed by atoms with Gasteiger partial charge in [0.25, 0.3) is 0 Å². The average Bonchev–Trinajstić information content (AvgIpc) is 3.28. The van der Waals surface area contributed by atoms with Gasteiger partial charge in [0.05, 0.1) is 22.4 Å². The van der Waals surface area contributed by atoms with E-state index in [1.54, 1.807) is 0 Å². The van der Waals surface area contributed by atoms with Gasteiger partial charge in [-0.15, -0.1) is 47.0 Å². The Labute approximate surface area is 408 Å². The number of carbonyl (C=O) groups is 2. The van der Waals surface area contributed by atoms with E-state index in [0.29, 0.717) is 35.2 Å². The van der Waals surface area contributed by atoms with E-state index in [4.69, 9.17) is 9.47 Å². The summed E-state index contributed by atoms with van der Waals surface area (Å²) in [7, 11) is 0. The van der Waals surface area contributed by atoms with Crippen LogP contribution in [-0.2, 0) is 19.1 Å². The van der Waals surface area contributed by atoms with Crippen LogP contribution in [-0.4, -0.2) is 93.6 Å². The molecule has 0 unspecified atom stereocenters. The molecule has 0 atom stereocenters. The number of nitrogens with zero attached hydrogens (tertiary/aromatic N) is 1. The summed E-state index contributed by atoms with van der Waals surface area (Å²) in [6, 6.07) is 0. The number of likely N-dealkylation sites (tertiary alicyclic amines) is 1. The first-order chi connectivity index (χ1) is 30.9. The highest BCUT2D eigenvalue weighted by Crippen LogP contribution is 2.39. The average molecular weight is 963 g/mol. The molecule has 10 heteroatoms. The number of aliphatic hydroxyl groups excluding tert-OH is 1. The molecule has 0 spiro atoms. The zero-order valence-electron chi connectivity index (χ0n) is 41.9. The van der Waals surface area contributed by atoms with Crippen LogP contribution in [0.1, 0.15) is 246 Å². The number of rotatable bonds is 48. The smallest absolute Gasteiger partial charge is 0.305 e. The number of thioether (sulfide) groups is 4. The maximum absolute atomic E-state index is 13.2. The minimum absolute atomic E-state index is 0.0129. The van der Waals surface area contributed by atoms with Crippen LogP contribution in [0.4, 0.5) is 0 Å². The highest BCUT2D eigenvalue weighted by Gasteiger charge is 2.35. The maximum atomic E-state index is 13.2. The minimum Gasteiger partial charge on any atom is -0.466 e. The molecule has 1 saturated heterocycles. The number of carbonyl (C=O) groups excluding carboxylic acids is 2. The van der Waals surface area contributed by atoms with Gasteiger partial charge in [-0.1, -0.05) is 156 Å². The topological polar surface area (TPSA) is 76.1 Å². The third-order valence-corrected chi connectivity index (χ3v) is 19.1. The van der Waals surface area contributed by atoms with E-state index in [2.05, 4.69) is 79.6 Å². The van der Waals surface area contributed by atoms with Crippen molar-refractivity contribution in [2.24, 2.45) is 5.41 Å². The molecule has 0 amide bonds. The number of unbranched alkanes of at least 4 members (excludes halogenated alkanes) is 21. The highest BCUT2D eigenvalue weighted by molar-refractivity contribution is 8.17. The van der Waals surface area contributed by atoms with E-state index in [0.717, 1.165) is 71.0 Å². The van der Waals surface area contributed by atoms with Crippen LogP contribution in [0, 0.1) is 5.41 Å². The van der Waals surface area contributed by atoms with Gasteiger partial charge in [-0.2, -0.15) is 0 Å². The standard InChI is InChI=1S/C53H103NO5S4/c1-5-9-13-17-21-27-45-60-51(61-46-28-22-18-14-10-6-2)33-31-49(56)58-43-37-53(35-40-54(41-36-53)39-25-26-42-55)38-44-59-50(57)32-34-52(62-47-29-23-19-15-11-7-3)63-48-30-24-20-16-12-8-4/h51-52,55H,5-48H2,1-4H3. The number of aliphatic hydroxyl groups is 1. The lowest BCUT2D eigenvalue weighted by Gasteiger charge is -2.42. The highest BCUT2D eigenvalue weighted by atomic mass is 32.2. The number of hydrogen-bond acceptors (Lipinski definition) is 10. The SMILES string of the molecule is CCCCCCCCSC(CCC(=O)OCCC1(CCOC(=O)CCC(SCCCCCCCC)SCCCCCCCC)CCN(CCCCO)CC1)SCCCCCCCC. The molecule has 1 N–H and O–H groups in total. The first-order valence-electron chi connectivity index (χ1n) is 27.0. The summed E-state index contributed by atoms with van der Waals surface area (Å²) < 4.78 is 12.9. The fraction of sp³-hybridized carbons (Fsp3) is 0.962. The molecule has 0 aromatic rings. The van der Waals surface area contributed by atoms with Crippen LogP contribution in [0.25, 0.3) is 0 Å². The Bertz CT molecular complexity index is 900. The Morgan fingerprint density at radius 1 is 0.492 bits per heavy atom. The van der Waals surface area contributed by atoms with E-state index in [1.807, 2.05) is 0 Å². The van der Waals surface area contributed by atoms with Crippen LogP contribution >= 0.6 is 47.0 Å². The quantitative estimate of drug-likeness (QED) is 0.0362. The summed E-state index contributed by atoms with van der Waals surface area (Å²) >= 11 is 8.30. The first-order valence-corrected chi connectivity index (χ1v) is 31.2. The summed E-state index contributed by atoms with van der Waals surface area (Å²) in [5.41, 5.74) is 0.0129. The maximum Gasteiger partial charge on any atom is 0.305 e. The Morgan fingerprint density at radius 2 is 0.825 bits per heavy atom. The largest absolute Gasteiger partial charge is 0.466 e. The molecular formula is C53H103NO5S4. The molecule has 0 aromatic heterocycles. The Hall–Kier alpha value is 0.260. The van der Waals surface area contributed by atoms with Crippen molar-refractivity contribution in [3.05, 3.63) is 0 Å². The zero-order valence-corrected chi connectivity index (χ0v) is 45.2. The van der Waals surface area contributed by atoms with Crippen molar-refractivity contribution in [3.63, 3.8) is 0 Å². The van der Waals surface area contributed by atoms with Gasteiger partial charge in [-0.3, -0.25) is 9.59 Å². The van der Waals surface area contributed by atoms with Gasteiger partial charge in [0.1, 0.15) is 0 Å². The molecule has 63 heavy (non-hydrogen) atoms. The molecule has 1 heterocycles. The number of esters is 2. The first kappa shape index (κ1) is 61.3. The van der Waals surface area contributed by atoms with E-state index >= 15 is 0 Å². The van der Waals surface area contributed by atoms with Crippen LogP contribution in [0.3, 0.4) is 0 Å². The summed E-state index contributed by atoms with van der Waals surface area (Å²) in [5.74, 6) is 4.66. The van der Waals surface area contributed by atoms with E-state index in [9.17, 15) is 14.7 Å². The molecule has 0 saturated carbocycles. The summed E-state index contributed by atoms with van der Waals surface area (Å²) in [6.45, 7) is 13.3. The molecular weight excluding hydrogens is 859 g/mol. The van der Waals surface area contributed by atoms with Crippen LogP contribution in [0.5, 0.6) is 0 Å². The monoisotopic (exact) mass is 962 g/mol. The summed E-state index contributed by atoms with van der Waals surface area (Å²) in [5, 5.41) is 9.32. The van der Waals surface area contributed by atoms with Crippen LogP contribution in [0.2, 0.25) is 0 Å². The van der Waals surface area contributed by atoms with E-state index < -0.39 is 0 Å². The van der Waals surface area contributed by atoms with E-state index in [1.165, 1.54) is 177 Å². The molecule has 0 bridgehead atoms. The summed E-state index contributed by atoms with van der Waals surface area (Å²) in [4.78, 5) is 28.9. The Morgan fingerprint density at radius 3 is 1.16 bits per heavy atom. The number of ether oxygens (including phenoxy) is 2. The van der Waals surface area contributed by atoms with Crippen LogP contribution in [0.15, 0.2) is 0 Å². The molecule has 0 radical (unpaired) electrons. The van der Waals surface area contributed by atoms with Gasteiger partial charge in [0, 0.05) is 19.4 Å². The number of piperidine rings is 1. The molecule has 1 rings (SSSR count). The van der Waals surface area contributed by atoms with Crippen molar-refractivity contribution in [3.8, 4) is 0 Å². The second-order valence-electron chi connectivity index (χ2n) is 18.7. The third-order valence-electron chi connectivity index (χ3n) is 13.0. The Kier molecular flexibility index (Phi) is 44.8. The third kappa shape index (κ3) is 37.9. The minimum atomic E-state index is -0.0540. The molecule has 0 aliphatic carbocycles. The van der Waals surface area contributed by atoms with Gasteiger partial charge in [-0.05, 0) is 125 Å². The van der Waals surface area contributed by atoms with Gasteiger partial charge in [0.2, 0.25) is 0 Å². The Balaban J connectivity index is 2.68. The molecule has 1 aliphatic heterocycles. The van der Waals surface area contributed by atoms with E-state index in [-0.39, 0.29) is 24.0 Å². The predicted octanol–water partition coefficient (Wildman–Crippen LogP) is 16.3. The van der Waals surface area contributed by atoms with Gasteiger partial charge < -0.3 is 19.5 Å². The van der Waals surface area contributed by atoms with Gasteiger partial charge in [-0.25, -0.2) is 0 Å². The molecule has 1 aliphatic rings. The van der Waals surface area contributed by atoms with Crippen molar-refractivity contribution >= 4 is 59.0 Å². The van der Waals surface area contributed by atoms with Crippen molar-refractivity contribution in [2.75, 3.05) is 62.5 Å². The van der Waals surface area contributed by atoms with Crippen molar-refractivity contribution in [1.82, 2.24) is 4.90 Å². The normalized spacial score (nSPS) is 14.3. The lowest BCUT2D eigenvalue weighted by molar-refractivity contribution is -0.145. The predicted molar refractivity (Wildman–Crippen MR) is 285 cm³/mol. The lowest BCUT2D eigenvalue weighted by atomic mass is 9.73. The lowest BCUT2D eigenvalue weighted by Crippen LogP contribution is -2.42. The molecule has 0 aromatic carbocycles. The van der Waals surface area contributed by atoms with Gasteiger partial charge >= 0.3 is 11.9 Å².